The number of rotatable bonds is 4. The zero-order valence-corrected chi connectivity index (χ0v) is 17.7. The van der Waals surface area contributed by atoms with E-state index in [2.05, 4.69) is 15.3 Å². The molecule has 7 nitrogen and oxygen atoms in total. The molecule has 2 aromatic carbocycles. The molecule has 1 atom stereocenters. The molecule has 172 valence electrons. The van der Waals surface area contributed by atoms with Gasteiger partial charge >= 0.3 is 12.3 Å². The van der Waals surface area contributed by atoms with Crippen molar-refractivity contribution in [3.05, 3.63) is 64.4 Å². The van der Waals surface area contributed by atoms with Gasteiger partial charge in [0.2, 0.25) is 0 Å². The SMILES string of the molecule is O=C(O)Nc1cc(C(F)(F)F)ccc1-c1cc(Nc2ccc(Cl)c3c2CC(O)CC3)ncn1. The second kappa shape index (κ2) is 8.87. The van der Waals surface area contributed by atoms with Crippen LogP contribution in [0.25, 0.3) is 11.3 Å². The Morgan fingerprint density at radius 3 is 2.61 bits per heavy atom. The van der Waals surface area contributed by atoms with Gasteiger partial charge in [0.15, 0.2) is 0 Å². The van der Waals surface area contributed by atoms with Crippen LogP contribution in [-0.2, 0) is 19.0 Å². The lowest BCUT2D eigenvalue weighted by Gasteiger charge is -2.24. The maximum absolute atomic E-state index is 13.1. The van der Waals surface area contributed by atoms with Crippen LogP contribution in [0.1, 0.15) is 23.1 Å². The van der Waals surface area contributed by atoms with Crippen molar-refractivity contribution in [1.29, 1.82) is 0 Å². The molecule has 3 aromatic rings. The van der Waals surface area contributed by atoms with Crippen molar-refractivity contribution in [2.75, 3.05) is 10.6 Å². The van der Waals surface area contributed by atoms with E-state index >= 15 is 0 Å². The first kappa shape index (κ1) is 22.8. The maximum Gasteiger partial charge on any atom is 0.416 e. The number of aliphatic hydroxyl groups is 1. The van der Waals surface area contributed by atoms with E-state index in [0.717, 1.165) is 29.3 Å². The third kappa shape index (κ3) is 5.01. The minimum absolute atomic E-state index is 0.157. The van der Waals surface area contributed by atoms with Crippen LogP contribution in [0.4, 0.5) is 35.2 Å². The highest BCUT2D eigenvalue weighted by Gasteiger charge is 2.31. The Labute approximate surface area is 191 Å². The molecule has 1 unspecified atom stereocenters. The monoisotopic (exact) mass is 478 g/mol. The van der Waals surface area contributed by atoms with Gasteiger partial charge in [-0.15, -0.1) is 0 Å². The fraction of sp³-hybridized carbons (Fsp3) is 0.227. The summed E-state index contributed by atoms with van der Waals surface area (Å²) in [7, 11) is 0. The quantitative estimate of drug-likeness (QED) is 0.394. The van der Waals surface area contributed by atoms with Crippen LogP contribution in [0.15, 0.2) is 42.7 Å². The largest absolute Gasteiger partial charge is 0.465 e. The number of alkyl halides is 3. The highest BCUT2D eigenvalue weighted by molar-refractivity contribution is 6.31. The van der Waals surface area contributed by atoms with Gasteiger partial charge in [0, 0.05) is 28.8 Å². The van der Waals surface area contributed by atoms with Crippen molar-refractivity contribution in [2.24, 2.45) is 0 Å². The third-order valence-corrected chi connectivity index (χ3v) is 5.69. The first-order valence-corrected chi connectivity index (χ1v) is 10.3. The summed E-state index contributed by atoms with van der Waals surface area (Å²) in [4.78, 5) is 19.4. The Bertz CT molecular complexity index is 1220. The molecule has 1 aliphatic carbocycles. The van der Waals surface area contributed by atoms with Gasteiger partial charge in [-0.05, 0) is 48.2 Å². The second-order valence-corrected chi connectivity index (χ2v) is 7.96. The lowest BCUT2D eigenvalue weighted by atomic mass is 9.88. The molecule has 1 aliphatic rings. The number of nitrogens with one attached hydrogen (secondary N) is 2. The normalized spacial score (nSPS) is 15.6. The Morgan fingerprint density at radius 1 is 1.09 bits per heavy atom. The van der Waals surface area contributed by atoms with Gasteiger partial charge in [-0.3, -0.25) is 5.32 Å². The van der Waals surface area contributed by atoms with Crippen LogP contribution in [0.3, 0.4) is 0 Å². The summed E-state index contributed by atoms with van der Waals surface area (Å²) in [6, 6.07) is 7.73. The number of benzene rings is 2. The van der Waals surface area contributed by atoms with Gasteiger partial charge in [0.1, 0.15) is 12.1 Å². The fourth-order valence-electron chi connectivity index (χ4n) is 3.81. The molecular weight excluding hydrogens is 461 g/mol. The van der Waals surface area contributed by atoms with Crippen molar-refractivity contribution in [1.82, 2.24) is 9.97 Å². The molecule has 1 aromatic heterocycles. The van der Waals surface area contributed by atoms with Crippen molar-refractivity contribution < 1.29 is 28.2 Å². The Kier molecular flexibility index (Phi) is 6.13. The zero-order valence-electron chi connectivity index (χ0n) is 16.9. The number of carbonyl (C=O) groups is 1. The summed E-state index contributed by atoms with van der Waals surface area (Å²) in [6.07, 6.45) is -3.75. The van der Waals surface area contributed by atoms with Gasteiger partial charge < -0.3 is 15.5 Å². The van der Waals surface area contributed by atoms with Gasteiger partial charge in [0.05, 0.1) is 23.0 Å². The smallest absolute Gasteiger partial charge is 0.416 e. The molecule has 1 heterocycles. The summed E-state index contributed by atoms with van der Waals surface area (Å²) >= 11 is 6.30. The summed E-state index contributed by atoms with van der Waals surface area (Å²) < 4.78 is 39.3. The molecule has 0 saturated carbocycles. The van der Waals surface area contributed by atoms with E-state index in [9.17, 15) is 23.1 Å². The molecular formula is C22H18ClF3N4O3. The van der Waals surface area contributed by atoms with Crippen molar-refractivity contribution in [3.8, 4) is 11.3 Å². The van der Waals surface area contributed by atoms with E-state index in [0.29, 0.717) is 35.8 Å². The predicted molar refractivity (Wildman–Crippen MR) is 117 cm³/mol. The number of aromatic nitrogens is 2. The molecule has 0 radical (unpaired) electrons. The van der Waals surface area contributed by atoms with Crippen molar-refractivity contribution >= 4 is 34.9 Å². The molecule has 11 heteroatoms. The molecule has 0 saturated heterocycles. The molecule has 1 amide bonds. The lowest BCUT2D eigenvalue weighted by molar-refractivity contribution is -0.137. The number of halogens is 4. The number of nitrogens with zero attached hydrogens (tertiary/aromatic N) is 2. The average molecular weight is 479 g/mol. The van der Waals surface area contributed by atoms with E-state index in [1.54, 1.807) is 12.1 Å². The van der Waals surface area contributed by atoms with Crippen LogP contribution >= 0.6 is 11.6 Å². The van der Waals surface area contributed by atoms with Gasteiger partial charge in [-0.25, -0.2) is 14.8 Å². The Balaban J connectivity index is 1.71. The molecule has 33 heavy (non-hydrogen) atoms. The van der Waals surface area contributed by atoms with E-state index in [4.69, 9.17) is 16.7 Å². The molecule has 4 N–H and O–H groups in total. The first-order valence-electron chi connectivity index (χ1n) is 9.91. The number of fused-ring (bicyclic) bond motifs is 1. The number of anilines is 3. The highest BCUT2D eigenvalue weighted by atomic mass is 35.5. The van der Waals surface area contributed by atoms with E-state index < -0.39 is 23.9 Å². The molecule has 0 aliphatic heterocycles. The minimum Gasteiger partial charge on any atom is -0.465 e. The van der Waals surface area contributed by atoms with Gasteiger partial charge in [-0.1, -0.05) is 17.7 Å². The van der Waals surface area contributed by atoms with E-state index in [1.807, 2.05) is 5.32 Å². The lowest BCUT2D eigenvalue weighted by Crippen LogP contribution is -2.20. The summed E-state index contributed by atoms with van der Waals surface area (Å²) in [5, 5.41) is 24.9. The average Bonchev–Trinajstić information content (AvgIpc) is 2.75. The van der Waals surface area contributed by atoms with Gasteiger partial charge in [-0.2, -0.15) is 13.2 Å². The first-order chi connectivity index (χ1) is 15.6. The summed E-state index contributed by atoms with van der Waals surface area (Å²) in [5.41, 5.74) is 1.62. The maximum atomic E-state index is 13.1. The summed E-state index contributed by atoms with van der Waals surface area (Å²) in [5.74, 6) is 0.339. The highest BCUT2D eigenvalue weighted by Crippen LogP contribution is 2.37. The topological polar surface area (TPSA) is 107 Å². The van der Waals surface area contributed by atoms with Crippen LogP contribution in [0, 0.1) is 0 Å². The van der Waals surface area contributed by atoms with Crippen molar-refractivity contribution in [3.63, 3.8) is 0 Å². The number of hydrogen-bond donors (Lipinski definition) is 4. The standard InChI is InChI=1S/C22H18ClF3N4O3/c23-16-5-6-17(15-8-12(31)2-4-13(15)16)29-20-9-18(27-10-28-20)14-3-1-11(22(24,25)26)7-19(14)30-21(32)33/h1,3,5-7,9-10,12,30-31H,2,4,8H2,(H,32,33)(H,27,28,29). The molecule has 0 fully saturated rings. The number of aliphatic hydroxyl groups excluding tert-OH is 1. The molecule has 0 spiro atoms. The summed E-state index contributed by atoms with van der Waals surface area (Å²) in [6.45, 7) is 0. The second-order valence-electron chi connectivity index (χ2n) is 7.55. The predicted octanol–water partition coefficient (Wildman–Crippen LogP) is 5.50. The van der Waals surface area contributed by atoms with Crippen LogP contribution in [0.2, 0.25) is 5.02 Å². The third-order valence-electron chi connectivity index (χ3n) is 5.34. The fourth-order valence-corrected chi connectivity index (χ4v) is 4.08. The van der Waals surface area contributed by atoms with Crippen LogP contribution in [-0.4, -0.2) is 32.4 Å². The zero-order chi connectivity index (χ0) is 23.8. The van der Waals surface area contributed by atoms with Gasteiger partial charge in [0.25, 0.3) is 0 Å². The molecule has 0 bridgehead atoms. The number of carboxylic acid groups (broad SMARTS) is 1. The number of amides is 1. The van der Waals surface area contributed by atoms with Crippen LogP contribution < -0.4 is 10.6 Å². The number of hydrogen-bond acceptors (Lipinski definition) is 5. The Hall–Kier alpha value is -3.37. The Morgan fingerprint density at radius 2 is 1.88 bits per heavy atom. The van der Waals surface area contributed by atoms with E-state index in [-0.39, 0.29) is 16.9 Å². The molecule has 4 rings (SSSR count). The van der Waals surface area contributed by atoms with Crippen molar-refractivity contribution in [2.45, 2.75) is 31.5 Å². The minimum atomic E-state index is -4.63. The van der Waals surface area contributed by atoms with E-state index in [1.165, 1.54) is 12.4 Å². The van der Waals surface area contributed by atoms with Crippen LogP contribution in [0.5, 0.6) is 0 Å².